The molecule has 6 nitrogen and oxygen atoms in total. The molecule has 0 saturated carbocycles. The van der Waals surface area contributed by atoms with Crippen LogP contribution in [-0.2, 0) is 9.59 Å². The first-order valence-electron chi connectivity index (χ1n) is 7.59. The van der Waals surface area contributed by atoms with Gasteiger partial charge in [-0.05, 0) is 30.3 Å². The van der Waals surface area contributed by atoms with Gasteiger partial charge in [0.1, 0.15) is 5.15 Å². The van der Waals surface area contributed by atoms with Crippen LogP contribution in [0.15, 0.2) is 53.6 Å². The summed E-state index contributed by atoms with van der Waals surface area (Å²) in [5, 5.41) is 7.80. The fourth-order valence-electron chi connectivity index (χ4n) is 2.18. The Morgan fingerprint density at radius 2 is 1.78 bits per heavy atom. The monoisotopic (exact) mass is 420 g/mol. The van der Waals surface area contributed by atoms with Crippen LogP contribution in [0.4, 0.5) is 5.69 Å². The van der Waals surface area contributed by atoms with Crippen molar-refractivity contribution >= 4 is 69.4 Å². The molecule has 0 spiro atoms. The van der Waals surface area contributed by atoms with Gasteiger partial charge < -0.3 is 5.32 Å². The summed E-state index contributed by atoms with van der Waals surface area (Å²) in [4.78, 5) is 28.0. The van der Waals surface area contributed by atoms with Crippen molar-refractivity contribution in [3.8, 4) is 0 Å². The molecule has 136 valence electrons. The molecule has 0 radical (unpaired) electrons. The fraction of sp³-hybridized carbons (Fsp3) is 0. The van der Waals surface area contributed by atoms with E-state index < -0.39 is 11.8 Å². The third-order valence-electron chi connectivity index (χ3n) is 3.46. The highest BCUT2D eigenvalue weighted by Crippen LogP contribution is 2.25. The van der Waals surface area contributed by atoms with Gasteiger partial charge in [0.25, 0.3) is 0 Å². The van der Waals surface area contributed by atoms with Crippen molar-refractivity contribution in [1.29, 1.82) is 0 Å². The smallest absolute Gasteiger partial charge is 0.316 e. The van der Waals surface area contributed by atoms with Crippen LogP contribution in [0.3, 0.4) is 0 Å². The van der Waals surface area contributed by atoms with Gasteiger partial charge in [-0.3, -0.25) is 9.59 Å². The molecule has 27 heavy (non-hydrogen) atoms. The minimum Gasteiger partial charge on any atom is -0.316 e. The molecular weight excluding hydrogens is 411 g/mol. The minimum atomic E-state index is -0.979. The molecule has 0 aliphatic heterocycles. The molecule has 0 saturated heterocycles. The number of hydrazone groups is 1. The van der Waals surface area contributed by atoms with E-state index in [1.807, 2.05) is 24.3 Å². The van der Waals surface area contributed by atoms with Gasteiger partial charge >= 0.3 is 11.8 Å². The summed E-state index contributed by atoms with van der Waals surface area (Å²) in [6.45, 7) is 0. The number of carbonyl (C=O) groups excluding carboxylic acids is 2. The number of pyridine rings is 1. The zero-order valence-corrected chi connectivity index (χ0v) is 15.8. The maximum atomic E-state index is 11.9. The number of nitrogens with one attached hydrogen (secondary N) is 2. The average Bonchev–Trinajstić information content (AvgIpc) is 2.65. The molecule has 0 aliphatic carbocycles. The highest BCUT2D eigenvalue weighted by molar-refractivity contribution is 6.42. The van der Waals surface area contributed by atoms with Crippen molar-refractivity contribution in [2.24, 2.45) is 5.10 Å². The molecule has 9 heteroatoms. The van der Waals surface area contributed by atoms with Crippen molar-refractivity contribution in [2.45, 2.75) is 0 Å². The number of rotatable bonds is 3. The van der Waals surface area contributed by atoms with Crippen LogP contribution < -0.4 is 10.7 Å². The van der Waals surface area contributed by atoms with E-state index >= 15 is 0 Å². The first-order valence-corrected chi connectivity index (χ1v) is 8.72. The van der Waals surface area contributed by atoms with Gasteiger partial charge in [0.05, 0.1) is 22.4 Å². The average molecular weight is 422 g/mol. The van der Waals surface area contributed by atoms with Crippen LogP contribution in [0, 0.1) is 0 Å². The highest BCUT2D eigenvalue weighted by atomic mass is 35.5. The minimum absolute atomic E-state index is 0.218. The maximum Gasteiger partial charge on any atom is 0.329 e. The molecule has 0 atom stereocenters. The summed E-state index contributed by atoms with van der Waals surface area (Å²) in [7, 11) is 0. The zero-order valence-electron chi connectivity index (χ0n) is 13.5. The molecule has 1 heterocycles. The third-order valence-corrected chi connectivity index (χ3v) is 4.32. The lowest BCUT2D eigenvalue weighted by Gasteiger charge is -2.06. The van der Waals surface area contributed by atoms with Crippen molar-refractivity contribution in [3.05, 3.63) is 69.3 Å². The van der Waals surface area contributed by atoms with Crippen LogP contribution in [0.1, 0.15) is 5.56 Å². The standard InChI is InChI=1S/C18H11Cl3N4O2/c19-12-5-6-13(20)15(8-12)24-17(26)18(27)25-22-9-11-7-10-3-1-2-4-14(10)23-16(11)21/h1-9H,(H,24,26)(H,25,27)/b22-9-. The highest BCUT2D eigenvalue weighted by Gasteiger charge is 2.15. The van der Waals surface area contributed by atoms with Crippen molar-refractivity contribution in [1.82, 2.24) is 10.4 Å². The van der Waals surface area contributed by atoms with Gasteiger partial charge in [-0.25, -0.2) is 10.4 Å². The van der Waals surface area contributed by atoms with E-state index in [-0.39, 0.29) is 15.9 Å². The molecule has 1 aromatic heterocycles. The molecule has 2 amide bonds. The fourth-order valence-corrected chi connectivity index (χ4v) is 2.71. The van der Waals surface area contributed by atoms with E-state index in [0.29, 0.717) is 10.6 Å². The second kappa shape index (κ2) is 8.35. The number of hydrogen-bond donors (Lipinski definition) is 2. The van der Waals surface area contributed by atoms with Crippen molar-refractivity contribution < 1.29 is 9.59 Å². The largest absolute Gasteiger partial charge is 0.329 e. The van der Waals surface area contributed by atoms with E-state index in [1.54, 1.807) is 12.1 Å². The number of anilines is 1. The molecule has 0 aliphatic rings. The van der Waals surface area contributed by atoms with Crippen LogP contribution in [0.25, 0.3) is 10.9 Å². The Balaban J connectivity index is 1.67. The van der Waals surface area contributed by atoms with Gasteiger partial charge in [0.2, 0.25) is 0 Å². The number of aromatic nitrogens is 1. The van der Waals surface area contributed by atoms with Crippen LogP contribution >= 0.6 is 34.8 Å². The summed E-state index contributed by atoms with van der Waals surface area (Å²) in [5.41, 5.74) is 3.57. The quantitative estimate of drug-likeness (QED) is 0.286. The number of halogens is 3. The predicted molar refractivity (Wildman–Crippen MR) is 108 cm³/mol. The lowest BCUT2D eigenvalue weighted by Crippen LogP contribution is -2.32. The zero-order chi connectivity index (χ0) is 19.4. The topological polar surface area (TPSA) is 83.5 Å². The van der Waals surface area contributed by atoms with Crippen molar-refractivity contribution in [3.63, 3.8) is 0 Å². The molecule has 0 fully saturated rings. The normalized spacial score (nSPS) is 10.9. The molecule has 0 unspecified atom stereocenters. The van der Waals surface area contributed by atoms with E-state index in [9.17, 15) is 9.59 Å². The van der Waals surface area contributed by atoms with Crippen molar-refractivity contribution in [2.75, 3.05) is 5.32 Å². The Kier molecular flexibility index (Phi) is 5.91. The lowest BCUT2D eigenvalue weighted by atomic mass is 10.2. The molecule has 2 aromatic carbocycles. The van der Waals surface area contributed by atoms with E-state index in [4.69, 9.17) is 34.8 Å². The Morgan fingerprint density at radius 3 is 2.59 bits per heavy atom. The Bertz CT molecular complexity index is 1070. The molecule has 3 rings (SSSR count). The van der Waals surface area contributed by atoms with E-state index in [2.05, 4.69) is 20.8 Å². The second-order valence-corrected chi connectivity index (χ2v) is 6.54. The number of fused-ring (bicyclic) bond motifs is 1. The number of benzene rings is 2. The lowest BCUT2D eigenvalue weighted by molar-refractivity contribution is -0.136. The number of carbonyl (C=O) groups is 2. The van der Waals surface area contributed by atoms with Crippen LogP contribution in [0.5, 0.6) is 0 Å². The number of amides is 2. The van der Waals surface area contributed by atoms with Gasteiger partial charge in [-0.1, -0.05) is 53.0 Å². The Morgan fingerprint density at radius 1 is 1.00 bits per heavy atom. The molecular formula is C18H11Cl3N4O2. The summed E-state index contributed by atoms with van der Waals surface area (Å²) in [6, 6.07) is 13.7. The Hall–Kier alpha value is -2.67. The van der Waals surface area contributed by atoms with Gasteiger partial charge in [0.15, 0.2) is 0 Å². The van der Waals surface area contributed by atoms with E-state index in [0.717, 1.165) is 10.9 Å². The maximum absolute atomic E-state index is 11.9. The first kappa shape index (κ1) is 19.1. The van der Waals surface area contributed by atoms with Gasteiger partial charge in [-0.2, -0.15) is 5.10 Å². The summed E-state index contributed by atoms with van der Waals surface area (Å²) >= 11 is 17.9. The van der Waals surface area contributed by atoms with Gasteiger partial charge in [0, 0.05) is 16.0 Å². The second-order valence-electron chi connectivity index (χ2n) is 5.34. The number of hydrogen-bond acceptors (Lipinski definition) is 4. The predicted octanol–water partition coefficient (Wildman–Crippen LogP) is 4.28. The van der Waals surface area contributed by atoms with Crippen LogP contribution in [0.2, 0.25) is 15.2 Å². The van der Waals surface area contributed by atoms with E-state index in [1.165, 1.54) is 18.3 Å². The molecule has 3 aromatic rings. The van der Waals surface area contributed by atoms with Crippen LogP contribution in [-0.4, -0.2) is 23.0 Å². The third kappa shape index (κ3) is 4.74. The summed E-state index contributed by atoms with van der Waals surface area (Å²) in [5.74, 6) is -1.92. The summed E-state index contributed by atoms with van der Waals surface area (Å²) < 4.78 is 0. The number of para-hydroxylation sites is 1. The SMILES string of the molecule is O=C(N/N=C\c1cc2ccccc2nc1Cl)C(=O)Nc1cc(Cl)ccc1Cl. The molecule has 0 bridgehead atoms. The van der Waals surface area contributed by atoms with Gasteiger partial charge in [-0.15, -0.1) is 0 Å². The first-order chi connectivity index (χ1) is 12.9. The summed E-state index contributed by atoms with van der Waals surface area (Å²) in [6.07, 6.45) is 1.30. The number of nitrogens with zero attached hydrogens (tertiary/aromatic N) is 2. The Labute approximate surface area is 169 Å². The molecule has 2 N–H and O–H groups in total.